The molecule has 138 valence electrons. The van der Waals surface area contributed by atoms with E-state index < -0.39 is 12.6 Å². The van der Waals surface area contributed by atoms with Crippen molar-refractivity contribution in [2.24, 2.45) is 0 Å². The summed E-state index contributed by atoms with van der Waals surface area (Å²) in [6.07, 6.45) is 0. The standard InChI is InChI=1S/C19H21NO6/c1-20(15-7-9-17(10-8-15)26-14-19(22)23)18(21)13-24-11-12-25-16-5-3-2-4-6-16/h2-10H,11-14H2,1H3,(H,22,23). The minimum absolute atomic E-state index is 0.0636. The van der Waals surface area contributed by atoms with Crippen molar-refractivity contribution in [2.45, 2.75) is 0 Å². The van der Waals surface area contributed by atoms with Gasteiger partial charge in [-0.15, -0.1) is 0 Å². The summed E-state index contributed by atoms with van der Waals surface area (Å²) in [7, 11) is 1.64. The Hall–Kier alpha value is -3.06. The van der Waals surface area contributed by atoms with Crippen LogP contribution in [0.3, 0.4) is 0 Å². The summed E-state index contributed by atoms with van der Waals surface area (Å²) in [5, 5.41) is 8.58. The first-order valence-corrected chi connectivity index (χ1v) is 8.03. The zero-order valence-corrected chi connectivity index (χ0v) is 14.5. The van der Waals surface area contributed by atoms with Gasteiger partial charge < -0.3 is 24.2 Å². The van der Waals surface area contributed by atoms with Crippen molar-refractivity contribution in [2.75, 3.05) is 38.4 Å². The number of para-hydroxylation sites is 1. The number of amides is 1. The van der Waals surface area contributed by atoms with Crippen molar-refractivity contribution in [3.05, 3.63) is 54.6 Å². The lowest BCUT2D eigenvalue weighted by atomic mass is 10.3. The zero-order chi connectivity index (χ0) is 18.8. The Bertz CT molecular complexity index is 702. The monoisotopic (exact) mass is 359 g/mol. The van der Waals surface area contributed by atoms with Gasteiger partial charge in [-0.05, 0) is 36.4 Å². The molecular formula is C19H21NO6. The Morgan fingerprint density at radius 1 is 0.885 bits per heavy atom. The molecule has 0 bridgehead atoms. The maximum Gasteiger partial charge on any atom is 0.341 e. The minimum atomic E-state index is -1.05. The van der Waals surface area contributed by atoms with Crippen molar-refractivity contribution >= 4 is 17.6 Å². The molecule has 0 fully saturated rings. The van der Waals surface area contributed by atoms with Crippen LogP contribution in [0.4, 0.5) is 5.69 Å². The first kappa shape index (κ1) is 19.3. The van der Waals surface area contributed by atoms with Gasteiger partial charge in [0.2, 0.25) is 0 Å². The first-order valence-electron chi connectivity index (χ1n) is 8.03. The Balaban J connectivity index is 1.70. The molecular weight excluding hydrogens is 338 g/mol. The normalized spacial score (nSPS) is 10.2. The van der Waals surface area contributed by atoms with Crippen molar-refractivity contribution in [1.29, 1.82) is 0 Å². The average molecular weight is 359 g/mol. The highest BCUT2D eigenvalue weighted by atomic mass is 16.5. The van der Waals surface area contributed by atoms with Crippen LogP contribution in [0.5, 0.6) is 11.5 Å². The number of ether oxygens (including phenoxy) is 3. The van der Waals surface area contributed by atoms with Crippen LogP contribution in [0.1, 0.15) is 0 Å². The number of anilines is 1. The van der Waals surface area contributed by atoms with Gasteiger partial charge in [0.05, 0.1) is 6.61 Å². The van der Waals surface area contributed by atoms with Crippen molar-refractivity contribution in [3.63, 3.8) is 0 Å². The molecule has 7 nitrogen and oxygen atoms in total. The third-order valence-electron chi connectivity index (χ3n) is 3.43. The maximum absolute atomic E-state index is 12.1. The van der Waals surface area contributed by atoms with Crippen LogP contribution in [-0.4, -0.2) is 50.5 Å². The summed E-state index contributed by atoms with van der Waals surface area (Å²) >= 11 is 0. The highest BCUT2D eigenvalue weighted by Crippen LogP contribution is 2.18. The first-order chi connectivity index (χ1) is 12.6. The van der Waals surface area contributed by atoms with Crippen LogP contribution in [0.25, 0.3) is 0 Å². The fourth-order valence-electron chi connectivity index (χ4n) is 2.05. The highest BCUT2D eigenvalue weighted by molar-refractivity contribution is 5.93. The van der Waals surface area contributed by atoms with E-state index in [1.807, 2.05) is 30.3 Å². The van der Waals surface area contributed by atoms with Crippen LogP contribution in [0.2, 0.25) is 0 Å². The van der Waals surface area contributed by atoms with Gasteiger partial charge in [-0.25, -0.2) is 4.79 Å². The lowest BCUT2D eigenvalue weighted by Gasteiger charge is -2.18. The second-order valence-corrected chi connectivity index (χ2v) is 5.34. The largest absolute Gasteiger partial charge is 0.491 e. The van der Waals surface area contributed by atoms with Gasteiger partial charge in [-0.1, -0.05) is 18.2 Å². The molecule has 0 saturated carbocycles. The predicted octanol–water partition coefficient (Wildman–Crippen LogP) is 2.21. The molecule has 0 aliphatic heterocycles. The second kappa shape index (κ2) is 10.0. The van der Waals surface area contributed by atoms with Crippen LogP contribution in [0.15, 0.2) is 54.6 Å². The molecule has 2 rings (SSSR count). The lowest BCUT2D eigenvalue weighted by Crippen LogP contribution is -2.30. The van der Waals surface area contributed by atoms with Gasteiger partial charge in [0.1, 0.15) is 24.7 Å². The minimum Gasteiger partial charge on any atom is -0.491 e. The number of carbonyl (C=O) groups excluding carboxylic acids is 1. The molecule has 7 heteroatoms. The van der Waals surface area contributed by atoms with Crippen LogP contribution in [-0.2, 0) is 14.3 Å². The van der Waals surface area contributed by atoms with Gasteiger partial charge >= 0.3 is 5.97 Å². The molecule has 0 saturated heterocycles. The number of hydrogen-bond donors (Lipinski definition) is 1. The summed E-state index contributed by atoms with van der Waals surface area (Å²) in [5.74, 6) is -0.0743. The SMILES string of the molecule is CN(C(=O)COCCOc1ccccc1)c1ccc(OCC(=O)O)cc1. The third-order valence-corrected chi connectivity index (χ3v) is 3.43. The van der Waals surface area contributed by atoms with Gasteiger partial charge in [0.15, 0.2) is 6.61 Å². The number of hydrogen-bond acceptors (Lipinski definition) is 5. The van der Waals surface area contributed by atoms with Crippen molar-refractivity contribution in [3.8, 4) is 11.5 Å². The molecule has 26 heavy (non-hydrogen) atoms. The molecule has 2 aromatic carbocycles. The zero-order valence-electron chi connectivity index (χ0n) is 14.5. The van der Waals surface area contributed by atoms with E-state index in [4.69, 9.17) is 19.3 Å². The van der Waals surface area contributed by atoms with Crippen molar-refractivity contribution < 1.29 is 28.9 Å². The fourth-order valence-corrected chi connectivity index (χ4v) is 2.05. The van der Waals surface area contributed by atoms with Gasteiger partial charge in [-0.3, -0.25) is 4.79 Å². The van der Waals surface area contributed by atoms with Crippen LogP contribution < -0.4 is 14.4 Å². The summed E-state index contributed by atoms with van der Waals surface area (Å²) in [6.45, 7) is 0.186. The molecule has 0 atom stereocenters. The fraction of sp³-hybridized carbons (Fsp3) is 0.263. The molecule has 1 N–H and O–H groups in total. The summed E-state index contributed by atoms with van der Waals surface area (Å²) in [5.41, 5.74) is 0.654. The number of nitrogens with zero attached hydrogens (tertiary/aromatic N) is 1. The number of aliphatic carboxylic acids is 1. The number of carbonyl (C=O) groups is 2. The quantitative estimate of drug-likeness (QED) is 0.655. The number of rotatable bonds is 10. The van der Waals surface area contributed by atoms with E-state index in [1.165, 1.54) is 4.90 Å². The maximum atomic E-state index is 12.1. The molecule has 0 aliphatic rings. The molecule has 0 spiro atoms. The summed E-state index contributed by atoms with van der Waals surface area (Å²) < 4.78 is 15.9. The van der Waals surface area contributed by atoms with E-state index in [2.05, 4.69) is 0 Å². The van der Waals surface area contributed by atoms with Gasteiger partial charge in [0, 0.05) is 12.7 Å². The number of carboxylic acids is 1. The molecule has 0 aliphatic carbocycles. The van der Waals surface area contributed by atoms with Gasteiger partial charge in [0.25, 0.3) is 5.91 Å². The van der Waals surface area contributed by atoms with Crippen molar-refractivity contribution in [1.82, 2.24) is 0 Å². The Kier molecular flexibility index (Phi) is 7.45. The van der Waals surface area contributed by atoms with E-state index in [0.717, 1.165) is 5.75 Å². The summed E-state index contributed by atoms with van der Waals surface area (Å²) in [4.78, 5) is 24.0. The average Bonchev–Trinajstić information content (AvgIpc) is 2.66. The van der Waals surface area contributed by atoms with E-state index in [9.17, 15) is 9.59 Å². The Labute approximate surface area is 151 Å². The predicted molar refractivity (Wildman–Crippen MR) is 95.7 cm³/mol. The lowest BCUT2D eigenvalue weighted by molar-refractivity contribution is -0.139. The summed E-state index contributed by atoms with van der Waals surface area (Å²) in [6, 6.07) is 15.9. The smallest absolute Gasteiger partial charge is 0.341 e. The molecule has 0 heterocycles. The Morgan fingerprint density at radius 2 is 1.54 bits per heavy atom. The molecule has 0 unspecified atom stereocenters. The Morgan fingerprint density at radius 3 is 2.19 bits per heavy atom. The number of carboxylic acid groups (broad SMARTS) is 1. The highest BCUT2D eigenvalue weighted by Gasteiger charge is 2.11. The van der Waals surface area contributed by atoms with E-state index in [1.54, 1.807) is 31.3 Å². The molecule has 2 aromatic rings. The van der Waals surface area contributed by atoms with Crippen LogP contribution in [0, 0.1) is 0 Å². The molecule has 0 radical (unpaired) electrons. The van der Waals surface area contributed by atoms with E-state index >= 15 is 0 Å². The van der Waals surface area contributed by atoms with Gasteiger partial charge in [-0.2, -0.15) is 0 Å². The van der Waals surface area contributed by atoms with E-state index in [0.29, 0.717) is 24.7 Å². The van der Waals surface area contributed by atoms with Crippen LogP contribution >= 0.6 is 0 Å². The molecule has 0 aromatic heterocycles. The number of benzene rings is 2. The van der Waals surface area contributed by atoms with E-state index in [-0.39, 0.29) is 12.5 Å². The number of likely N-dealkylation sites (N-methyl/N-ethyl adjacent to an activating group) is 1. The second-order valence-electron chi connectivity index (χ2n) is 5.34. The third kappa shape index (κ3) is 6.45. The molecule has 1 amide bonds. The topological polar surface area (TPSA) is 85.3 Å².